The number of nitrogen functional groups attached to an aromatic ring is 1. The highest BCUT2D eigenvalue weighted by Crippen LogP contribution is 2.14. The quantitative estimate of drug-likeness (QED) is 0.669. The van der Waals surface area contributed by atoms with Crippen LogP contribution in [0.15, 0.2) is 24.3 Å². The fourth-order valence-corrected chi connectivity index (χ4v) is 0.859. The lowest BCUT2D eigenvalue weighted by Crippen LogP contribution is -1.90. The van der Waals surface area contributed by atoms with Crippen LogP contribution in [0.3, 0.4) is 0 Å². The highest BCUT2D eigenvalue weighted by molar-refractivity contribution is 5.41. The summed E-state index contributed by atoms with van der Waals surface area (Å²) in [7, 11) is 0. The van der Waals surface area contributed by atoms with E-state index in [1.165, 1.54) is 0 Å². The third kappa shape index (κ3) is 3.62. The summed E-state index contributed by atoms with van der Waals surface area (Å²) in [5.41, 5.74) is 7.24. The van der Waals surface area contributed by atoms with Crippen molar-refractivity contribution < 1.29 is 0 Å². The van der Waals surface area contributed by atoms with Gasteiger partial charge in [-0.05, 0) is 24.6 Å². The molecule has 0 saturated heterocycles. The second-order valence-electron chi connectivity index (χ2n) is 2.52. The smallest absolute Gasteiger partial charge is 0.0700 e. The lowest BCUT2D eigenvalue weighted by molar-refractivity contribution is 0.982. The Morgan fingerprint density at radius 2 is 1.69 bits per heavy atom. The fraction of sp³-hybridized carbons (Fsp3) is 0.364. The monoisotopic (exact) mass is 176 g/mol. The molecule has 2 N–H and O–H groups in total. The fourth-order valence-electron chi connectivity index (χ4n) is 0.859. The van der Waals surface area contributed by atoms with Crippen LogP contribution >= 0.6 is 0 Å². The number of nitrogens with zero attached hydrogens (tertiary/aromatic N) is 1. The summed E-state index contributed by atoms with van der Waals surface area (Å²) in [6.45, 7) is 5.87. The molecule has 1 aromatic carbocycles. The molecule has 0 saturated carbocycles. The second-order valence-corrected chi connectivity index (χ2v) is 2.52. The van der Waals surface area contributed by atoms with Gasteiger partial charge in [0, 0.05) is 5.69 Å². The van der Waals surface area contributed by atoms with Crippen molar-refractivity contribution in [2.45, 2.75) is 26.7 Å². The van der Waals surface area contributed by atoms with Gasteiger partial charge in [-0.2, -0.15) is 5.26 Å². The third-order valence-corrected chi connectivity index (χ3v) is 1.63. The summed E-state index contributed by atoms with van der Waals surface area (Å²) in [6.07, 6.45) is 0. The maximum atomic E-state index is 8.58. The first kappa shape index (κ1) is 11.5. The van der Waals surface area contributed by atoms with Crippen LogP contribution in [-0.4, -0.2) is 0 Å². The van der Waals surface area contributed by atoms with Crippen molar-refractivity contribution in [3.63, 3.8) is 0 Å². The zero-order valence-electron chi connectivity index (χ0n) is 8.41. The number of anilines is 1. The summed E-state index contributed by atoms with van der Waals surface area (Å²) in [6, 6.07) is 9.53. The highest BCUT2D eigenvalue weighted by atomic mass is 14.5. The molecule has 2 nitrogen and oxygen atoms in total. The van der Waals surface area contributed by atoms with Crippen LogP contribution in [0.25, 0.3) is 0 Å². The average molecular weight is 176 g/mol. The molecule has 0 aliphatic carbocycles. The summed E-state index contributed by atoms with van der Waals surface area (Å²) < 4.78 is 0. The molecule has 0 bridgehead atoms. The van der Waals surface area contributed by atoms with Crippen LogP contribution in [0.5, 0.6) is 0 Å². The van der Waals surface area contributed by atoms with Gasteiger partial charge >= 0.3 is 0 Å². The Kier molecular flexibility index (Phi) is 5.38. The SMILES string of the molecule is CC.CC(C#N)c1ccc(N)cc1. The van der Waals surface area contributed by atoms with E-state index in [1.807, 2.05) is 45.0 Å². The van der Waals surface area contributed by atoms with Crippen LogP contribution in [0.1, 0.15) is 32.3 Å². The molecule has 0 spiro atoms. The van der Waals surface area contributed by atoms with Crippen LogP contribution in [0.2, 0.25) is 0 Å². The molecule has 0 aromatic heterocycles. The van der Waals surface area contributed by atoms with Crippen LogP contribution < -0.4 is 5.73 Å². The van der Waals surface area contributed by atoms with E-state index < -0.39 is 0 Å². The van der Waals surface area contributed by atoms with Gasteiger partial charge in [0.15, 0.2) is 0 Å². The zero-order valence-corrected chi connectivity index (χ0v) is 8.41. The first-order valence-corrected chi connectivity index (χ1v) is 4.49. The van der Waals surface area contributed by atoms with E-state index >= 15 is 0 Å². The normalized spacial score (nSPS) is 10.6. The van der Waals surface area contributed by atoms with Gasteiger partial charge in [0.2, 0.25) is 0 Å². The number of nitrogens with two attached hydrogens (primary N) is 1. The van der Waals surface area contributed by atoms with Gasteiger partial charge in [0.05, 0.1) is 12.0 Å². The highest BCUT2D eigenvalue weighted by Gasteiger charge is 2.01. The van der Waals surface area contributed by atoms with E-state index in [2.05, 4.69) is 6.07 Å². The predicted octanol–water partition coefficient (Wildman–Crippen LogP) is 2.92. The number of rotatable bonds is 1. The van der Waals surface area contributed by atoms with Gasteiger partial charge in [0.25, 0.3) is 0 Å². The summed E-state index contributed by atoms with van der Waals surface area (Å²) in [5.74, 6) is -0.0457. The molecule has 1 rings (SSSR count). The van der Waals surface area contributed by atoms with E-state index in [4.69, 9.17) is 11.0 Å². The van der Waals surface area contributed by atoms with Crippen molar-refractivity contribution in [2.75, 3.05) is 5.73 Å². The Balaban J connectivity index is 0.000000671. The Morgan fingerprint density at radius 1 is 1.23 bits per heavy atom. The number of hydrogen-bond acceptors (Lipinski definition) is 2. The molecule has 0 aliphatic heterocycles. The topological polar surface area (TPSA) is 49.8 Å². The Morgan fingerprint density at radius 3 is 2.08 bits per heavy atom. The van der Waals surface area contributed by atoms with E-state index in [-0.39, 0.29) is 5.92 Å². The minimum Gasteiger partial charge on any atom is -0.399 e. The van der Waals surface area contributed by atoms with E-state index in [0.29, 0.717) is 0 Å². The van der Waals surface area contributed by atoms with Gasteiger partial charge in [-0.25, -0.2) is 0 Å². The van der Waals surface area contributed by atoms with Crippen LogP contribution in [0.4, 0.5) is 5.69 Å². The second kappa shape index (κ2) is 6.07. The number of hydrogen-bond donors (Lipinski definition) is 1. The van der Waals surface area contributed by atoms with E-state index in [0.717, 1.165) is 11.3 Å². The van der Waals surface area contributed by atoms with Crippen molar-refractivity contribution in [3.05, 3.63) is 29.8 Å². The summed E-state index contributed by atoms with van der Waals surface area (Å²) >= 11 is 0. The van der Waals surface area contributed by atoms with Gasteiger partial charge in [-0.3, -0.25) is 0 Å². The minimum absolute atomic E-state index is 0.0457. The van der Waals surface area contributed by atoms with E-state index in [9.17, 15) is 0 Å². The van der Waals surface area contributed by atoms with E-state index in [1.54, 1.807) is 0 Å². The molecular weight excluding hydrogens is 160 g/mol. The van der Waals surface area contributed by atoms with Crippen molar-refractivity contribution in [1.29, 1.82) is 5.26 Å². The van der Waals surface area contributed by atoms with Gasteiger partial charge in [-0.1, -0.05) is 26.0 Å². The van der Waals surface area contributed by atoms with Crippen LogP contribution in [0, 0.1) is 11.3 Å². The Bertz CT molecular complexity index is 269. The van der Waals surface area contributed by atoms with Crippen LogP contribution in [-0.2, 0) is 0 Å². The first-order chi connectivity index (χ1) is 6.24. The van der Waals surface area contributed by atoms with Crippen molar-refractivity contribution in [2.24, 2.45) is 0 Å². The summed E-state index contributed by atoms with van der Waals surface area (Å²) in [5, 5.41) is 8.58. The molecule has 1 atom stereocenters. The molecule has 13 heavy (non-hydrogen) atoms. The average Bonchev–Trinajstić information content (AvgIpc) is 2.21. The molecule has 0 aliphatic rings. The van der Waals surface area contributed by atoms with Gasteiger partial charge < -0.3 is 5.73 Å². The predicted molar refractivity (Wildman–Crippen MR) is 56.2 cm³/mol. The molecule has 2 heteroatoms. The Labute approximate surface area is 80.0 Å². The number of benzene rings is 1. The minimum atomic E-state index is -0.0457. The van der Waals surface area contributed by atoms with Crippen molar-refractivity contribution in [3.8, 4) is 6.07 Å². The van der Waals surface area contributed by atoms with Gasteiger partial charge in [0.1, 0.15) is 0 Å². The molecule has 0 radical (unpaired) electrons. The maximum Gasteiger partial charge on any atom is 0.0700 e. The third-order valence-electron chi connectivity index (χ3n) is 1.63. The standard InChI is InChI=1S/C9H10N2.C2H6/c1-7(6-10)8-2-4-9(11)5-3-8;1-2/h2-5,7H,11H2,1H3;1-2H3. The molecule has 1 unspecified atom stereocenters. The summed E-state index contributed by atoms with van der Waals surface area (Å²) in [4.78, 5) is 0. The zero-order chi connectivity index (χ0) is 10.3. The lowest BCUT2D eigenvalue weighted by atomic mass is 10.0. The van der Waals surface area contributed by atoms with Crippen molar-refractivity contribution >= 4 is 5.69 Å². The van der Waals surface area contributed by atoms with Gasteiger partial charge in [-0.15, -0.1) is 0 Å². The molecule has 0 heterocycles. The molecule has 0 amide bonds. The van der Waals surface area contributed by atoms with Crippen molar-refractivity contribution in [1.82, 2.24) is 0 Å². The number of nitriles is 1. The lowest BCUT2D eigenvalue weighted by Gasteiger charge is -2.01. The molecule has 1 aromatic rings. The Hall–Kier alpha value is -1.49. The first-order valence-electron chi connectivity index (χ1n) is 4.49. The maximum absolute atomic E-state index is 8.58. The largest absolute Gasteiger partial charge is 0.399 e. The molecule has 0 fully saturated rings. The molecule has 70 valence electrons. The molecular formula is C11H16N2.